The molecule has 0 aromatic carbocycles. The fraction of sp³-hybridized carbons (Fsp3) is 0.500. The molecule has 0 spiro atoms. The van der Waals surface area contributed by atoms with Gasteiger partial charge in [0, 0.05) is 12.4 Å². The zero-order chi connectivity index (χ0) is 6.69. The number of rotatable bonds is 2. The molecule has 0 amide bonds. The lowest BCUT2D eigenvalue weighted by molar-refractivity contribution is 1.06. The minimum atomic E-state index is 1.01. The first-order valence-corrected chi connectivity index (χ1v) is 3.87. The van der Waals surface area contributed by atoms with Crippen LogP contribution in [-0.2, 0) is 6.42 Å². The number of aromatic nitrogens is 1. The number of anilines is 1. The Morgan fingerprint density at radius 1 is 1.78 bits per heavy atom. The van der Waals surface area contributed by atoms with E-state index in [0.717, 1.165) is 11.6 Å². The van der Waals surface area contributed by atoms with Crippen LogP contribution < -0.4 is 5.32 Å². The highest BCUT2D eigenvalue weighted by Crippen LogP contribution is 2.13. The third kappa shape index (κ3) is 1.42. The first-order chi connectivity index (χ1) is 4.36. The van der Waals surface area contributed by atoms with E-state index in [1.54, 1.807) is 11.3 Å². The molecule has 1 rings (SSSR count). The second-order valence-corrected chi connectivity index (χ2v) is 2.61. The molecule has 3 heteroatoms. The van der Waals surface area contributed by atoms with Crippen LogP contribution in [0.4, 0.5) is 5.13 Å². The van der Waals surface area contributed by atoms with Gasteiger partial charge in [-0.3, -0.25) is 0 Å². The van der Waals surface area contributed by atoms with Gasteiger partial charge in [0.2, 0.25) is 0 Å². The first-order valence-electron chi connectivity index (χ1n) is 2.99. The molecule has 0 bridgehead atoms. The molecule has 0 aliphatic rings. The second kappa shape index (κ2) is 2.82. The van der Waals surface area contributed by atoms with Crippen molar-refractivity contribution in [1.29, 1.82) is 0 Å². The monoisotopic (exact) mass is 142 g/mol. The molecule has 0 radical (unpaired) electrons. The SMILES string of the molecule is CCc1csc(NC)n1. The third-order valence-electron chi connectivity index (χ3n) is 1.13. The summed E-state index contributed by atoms with van der Waals surface area (Å²) in [6.45, 7) is 2.11. The number of hydrogen-bond donors (Lipinski definition) is 1. The molecule has 1 aromatic rings. The number of thiazole rings is 1. The quantitative estimate of drug-likeness (QED) is 0.680. The minimum Gasteiger partial charge on any atom is -0.365 e. The molecule has 0 saturated carbocycles. The molecule has 0 aliphatic carbocycles. The van der Waals surface area contributed by atoms with Crippen molar-refractivity contribution in [2.24, 2.45) is 0 Å². The molecule has 0 unspecified atom stereocenters. The molecule has 0 aliphatic heterocycles. The Labute approximate surface area is 58.9 Å². The Bertz CT molecular complexity index is 164. The van der Waals surface area contributed by atoms with Crippen molar-refractivity contribution in [3.05, 3.63) is 11.1 Å². The van der Waals surface area contributed by atoms with E-state index in [1.807, 2.05) is 7.05 Å². The van der Waals surface area contributed by atoms with E-state index < -0.39 is 0 Å². The highest BCUT2D eigenvalue weighted by Gasteiger charge is 1.94. The lowest BCUT2D eigenvalue weighted by Crippen LogP contribution is -1.86. The lowest BCUT2D eigenvalue weighted by atomic mass is 10.4. The molecule has 50 valence electrons. The van der Waals surface area contributed by atoms with Crippen LogP contribution in [0.15, 0.2) is 5.38 Å². The predicted molar refractivity (Wildman–Crippen MR) is 41.0 cm³/mol. The Morgan fingerprint density at radius 3 is 2.89 bits per heavy atom. The molecule has 1 aromatic heterocycles. The summed E-state index contributed by atoms with van der Waals surface area (Å²) in [6, 6.07) is 0. The standard InChI is InChI=1S/C6H10N2S/c1-3-5-4-9-6(7-2)8-5/h4H,3H2,1-2H3,(H,7,8). The van der Waals surface area contributed by atoms with Gasteiger partial charge in [0.1, 0.15) is 0 Å². The van der Waals surface area contributed by atoms with Crippen LogP contribution in [0.1, 0.15) is 12.6 Å². The molecule has 1 heterocycles. The molecular formula is C6H10N2S. The van der Waals surface area contributed by atoms with Gasteiger partial charge in [-0.15, -0.1) is 11.3 Å². The Morgan fingerprint density at radius 2 is 2.56 bits per heavy atom. The number of aryl methyl sites for hydroxylation is 1. The van der Waals surface area contributed by atoms with Crippen LogP contribution in [0.2, 0.25) is 0 Å². The average Bonchev–Trinajstić information content (AvgIpc) is 2.34. The summed E-state index contributed by atoms with van der Waals surface area (Å²) < 4.78 is 0. The van der Waals surface area contributed by atoms with E-state index in [0.29, 0.717) is 0 Å². The average molecular weight is 142 g/mol. The van der Waals surface area contributed by atoms with Gasteiger partial charge in [-0.1, -0.05) is 6.92 Å². The second-order valence-electron chi connectivity index (χ2n) is 1.75. The fourth-order valence-electron chi connectivity index (χ4n) is 0.584. The number of hydrogen-bond acceptors (Lipinski definition) is 3. The summed E-state index contributed by atoms with van der Waals surface area (Å²) in [4.78, 5) is 4.25. The largest absolute Gasteiger partial charge is 0.365 e. The third-order valence-corrected chi connectivity index (χ3v) is 2.04. The summed E-state index contributed by atoms with van der Waals surface area (Å²) in [7, 11) is 1.89. The normalized spacial score (nSPS) is 9.56. The number of nitrogens with one attached hydrogen (secondary N) is 1. The van der Waals surface area contributed by atoms with E-state index in [1.165, 1.54) is 5.69 Å². The molecule has 0 saturated heterocycles. The van der Waals surface area contributed by atoms with Crippen LogP contribution in [0.5, 0.6) is 0 Å². The van der Waals surface area contributed by atoms with Gasteiger partial charge in [0.25, 0.3) is 0 Å². The summed E-state index contributed by atoms with van der Waals surface area (Å²) in [5.41, 5.74) is 1.17. The van der Waals surface area contributed by atoms with Gasteiger partial charge in [0.15, 0.2) is 5.13 Å². The van der Waals surface area contributed by atoms with Gasteiger partial charge >= 0.3 is 0 Å². The number of nitrogens with zero attached hydrogens (tertiary/aromatic N) is 1. The van der Waals surface area contributed by atoms with Crippen LogP contribution in [0.3, 0.4) is 0 Å². The highest BCUT2D eigenvalue weighted by atomic mass is 32.1. The zero-order valence-electron chi connectivity index (χ0n) is 5.64. The first kappa shape index (κ1) is 6.55. The molecule has 0 fully saturated rings. The Kier molecular flexibility index (Phi) is 2.05. The van der Waals surface area contributed by atoms with Crippen LogP contribution >= 0.6 is 11.3 Å². The van der Waals surface area contributed by atoms with Crippen LogP contribution in [0, 0.1) is 0 Å². The molecule has 0 atom stereocenters. The molecule has 2 nitrogen and oxygen atoms in total. The molecule has 9 heavy (non-hydrogen) atoms. The van der Waals surface area contributed by atoms with Gasteiger partial charge < -0.3 is 5.32 Å². The predicted octanol–water partition coefficient (Wildman–Crippen LogP) is 1.75. The highest BCUT2D eigenvalue weighted by molar-refractivity contribution is 7.13. The summed E-state index contributed by atoms with van der Waals surface area (Å²) >= 11 is 1.65. The van der Waals surface area contributed by atoms with E-state index in [9.17, 15) is 0 Å². The van der Waals surface area contributed by atoms with E-state index in [4.69, 9.17) is 0 Å². The van der Waals surface area contributed by atoms with Gasteiger partial charge in [-0.05, 0) is 6.42 Å². The maximum atomic E-state index is 4.25. The van der Waals surface area contributed by atoms with Crippen molar-refractivity contribution in [1.82, 2.24) is 4.98 Å². The maximum absolute atomic E-state index is 4.25. The zero-order valence-corrected chi connectivity index (χ0v) is 6.46. The minimum absolute atomic E-state index is 1.01. The van der Waals surface area contributed by atoms with Crippen molar-refractivity contribution >= 4 is 16.5 Å². The van der Waals surface area contributed by atoms with Crippen LogP contribution in [-0.4, -0.2) is 12.0 Å². The van der Waals surface area contributed by atoms with Crippen molar-refractivity contribution in [2.45, 2.75) is 13.3 Å². The van der Waals surface area contributed by atoms with Crippen molar-refractivity contribution in [3.63, 3.8) is 0 Å². The summed E-state index contributed by atoms with van der Waals surface area (Å²) in [6.07, 6.45) is 1.03. The fourth-order valence-corrected chi connectivity index (χ4v) is 1.34. The smallest absolute Gasteiger partial charge is 0.182 e. The van der Waals surface area contributed by atoms with Gasteiger partial charge in [0.05, 0.1) is 5.69 Å². The topological polar surface area (TPSA) is 24.9 Å². The lowest BCUT2D eigenvalue weighted by Gasteiger charge is -1.87. The van der Waals surface area contributed by atoms with Gasteiger partial charge in [-0.25, -0.2) is 4.98 Å². The van der Waals surface area contributed by atoms with E-state index in [-0.39, 0.29) is 0 Å². The Balaban J connectivity index is 2.74. The van der Waals surface area contributed by atoms with Crippen molar-refractivity contribution in [3.8, 4) is 0 Å². The van der Waals surface area contributed by atoms with Crippen LogP contribution in [0.25, 0.3) is 0 Å². The van der Waals surface area contributed by atoms with Gasteiger partial charge in [-0.2, -0.15) is 0 Å². The van der Waals surface area contributed by atoms with E-state index >= 15 is 0 Å². The van der Waals surface area contributed by atoms with E-state index in [2.05, 4.69) is 22.6 Å². The molecular weight excluding hydrogens is 132 g/mol. The van der Waals surface area contributed by atoms with Crippen molar-refractivity contribution in [2.75, 3.05) is 12.4 Å². The molecule has 1 N–H and O–H groups in total. The van der Waals surface area contributed by atoms with Crippen molar-refractivity contribution < 1.29 is 0 Å². The summed E-state index contributed by atoms with van der Waals surface area (Å²) in [5.74, 6) is 0. The Hall–Kier alpha value is -0.570. The maximum Gasteiger partial charge on any atom is 0.182 e. The summed E-state index contributed by atoms with van der Waals surface area (Å²) in [5, 5.41) is 6.07.